The van der Waals surface area contributed by atoms with E-state index in [1.54, 1.807) is 6.07 Å². The average molecular weight is 386 g/mol. The quantitative estimate of drug-likeness (QED) is 0.615. The molecule has 0 saturated heterocycles. The van der Waals surface area contributed by atoms with Crippen LogP contribution in [0.3, 0.4) is 0 Å². The lowest BCUT2D eigenvalue weighted by Gasteiger charge is -2.21. The highest BCUT2D eigenvalue weighted by molar-refractivity contribution is 5.90. The molecule has 2 amide bonds. The Kier molecular flexibility index (Phi) is 7.68. The van der Waals surface area contributed by atoms with E-state index in [0.29, 0.717) is 6.42 Å². The smallest absolute Gasteiger partial charge is 0.326 e. The maximum Gasteiger partial charge on any atom is 0.326 e. The second-order valence-corrected chi connectivity index (χ2v) is 6.47. The van der Waals surface area contributed by atoms with Crippen LogP contribution in [0.1, 0.15) is 24.5 Å². The molecule has 0 aromatic heterocycles. The van der Waals surface area contributed by atoms with Gasteiger partial charge in [-0.2, -0.15) is 0 Å². The average Bonchev–Trinajstić information content (AvgIpc) is 2.66. The van der Waals surface area contributed by atoms with Crippen molar-refractivity contribution in [3.8, 4) is 0 Å². The molecule has 2 atom stereocenters. The Labute approximate surface area is 162 Å². The second kappa shape index (κ2) is 10.2. The molecule has 0 heterocycles. The van der Waals surface area contributed by atoms with Crippen molar-refractivity contribution >= 4 is 17.8 Å². The molecule has 0 unspecified atom stereocenters. The van der Waals surface area contributed by atoms with Gasteiger partial charge < -0.3 is 15.7 Å². The number of amides is 2. The predicted molar refractivity (Wildman–Crippen MR) is 102 cm³/mol. The van der Waals surface area contributed by atoms with Crippen LogP contribution < -0.4 is 10.6 Å². The highest BCUT2D eigenvalue weighted by atomic mass is 19.1. The van der Waals surface area contributed by atoms with E-state index >= 15 is 0 Å². The number of rotatable bonds is 9. The molecule has 28 heavy (non-hydrogen) atoms. The molecule has 0 aliphatic rings. The number of carboxylic acids is 1. The first-order valence-corrected chi connectivity index (χ1v) is 8.94. The van der Waals surface area contributed by atoms with E-state index in [4.69, 9.17) is 0 Å². The number of benzene rings is 2. The Hall–Kier alpha value is -3.22. The number of aryl methyl sites for hydroxylation is 1. The van der Waals surface area contributed by atoms with Crippen LogP contribution in [-0.2, 0) is 27.2 Å². The fourth-order valence-corrected chi connectivity index (χ4v) is 2.82. The van der Waals surface area contributed by atoms with Crippen molar-refractivity contribution in [1.82, 2.24) is 10.6 Å². The summed E-state index contributed by atoms with van der Waals surface area (Å²) in [7, 11) is 0. The Morgan fingerprint density at radius 1 is 0.964 bits per heavy atom. The Balaban J connectivity index is 2.07. The predicted octanol–water partition coefficient (Wildman–Crippen LogP) is 2.08. The van der Waals surface area contributed by atoms with E-state index in [2.05, 4.69) is 10.6 Å². The molecule has 2 aromatic rings. The second-order valence-electron chi connectivity index (χ2n) is 6.47. The first kappa shape index (κ1) is 21.1. The van der Waals surface area contributed by atoms with Crippen LogP contribution in [0.4, 0.5) is 4.39 Å². The zero-order valence-electron chi connectivity index (χ0n) is 15.5. The van der Waals surface area contributed by atoms with Gasteiger partial charge in [-0.1, -0.05) is 48.5 Å². The van der Waals surface area contributed by atoms with Crippen LogP contribution in [0.25, 0.3) is 0 Å². The fourth-order valence-electron chi connectivity index (χ4n) is 2.82. The highest BCUT2D eigenvalue weighted by Crippen LogP contribution is 2.11. The van der Waals surface area contributed by atoms with Gasteiger partial charge in [-0.25, -0.2) is 9.18 Å². The van der Waals surface area contributed by atoms with Crippen molar-refractivity contribution in [2.75, 3.05) is 0 Å². The Morgan fingerprint density at radius 2 is 1.61 bits per heavy atom. The van der Waals surface area contributed by atoms with Gasteiger partial charge in [-0.05, 0) is 30.0 Å². The zero-order valence-corrected chi connectivity index (χ0v) is 15.5. The third-order valence-corrected chi connectivity index (χ3v) is 4.25. The van der Waals surface area contributed by atoms with Gasteiger partial charge in [0.25, 0.3) is 0 Å². The molecular formula is C21H23FN2O4. The normalized spacial score (nSPS) is 12.6. The summed E-state index contributed by atoms with van der Waals surface area (Å²) >= 11 is 0. The molecule has 6 nitrogen and oxygen atoms in total. The number of carbonyl (C=O) groups excluding carboxylic acids is 2. The summed E-state index contributed by atoms with van der Waals surface area (Å²) in [5.74, 6) is -2.80. The third kappa shape index (κ3) is 6.50. The minimum atomic E-state index is -1.17. The summed E-state index contributed by atoms with van der Waals surface area (Å²) in [5, 5.41) is 14.4. The minimum Gasteiger partial charge on any atom is -0.480 e. The molecule has 2 aromatic carbocycles. The van der Waals surface area contributed by atoms with Gasteiger partial charge in [-0.3, -0.25) is 9.59 Å². The van der Waals surface area contributed by atoms with E-state index in [9.17, 15) is 23.9 Å². The molecule has 0 aliphatic carbocycles. The number of carbonyl (C=O) groups is 3. The number of aliphatic carboxylic acids is 1. The Morgan fingerprint density at radius 3 is 2.21 bits per heavy atom. The van der Waals surface area contributed by atoms with Gasteiger partial charge in [0.05, 0.1) is 0 Å². The molecule has 0 spiro atoms. The number of carboxylic acid groups (broad SMARTS) is 1. The zero-order chi connectivity index (χ0) is 20.5. The molecule has 0 aliphatic heterocycles. The van der Waals surface area contributed by atoms with Gasteiger partial charge in [0.2, 0.25) is 11.8 Å². The summed E-state index contributed by atoms with van der Waals surface area (Å²) in [5.41, 5.74) is 1.21. The standard InChI is InChI=1S/C21H23FN2O4/c1-14(25)23-19(13-16-9-5-6-10-17(16)22)20(26)24-18(21(27)28)12-11-15-7-3-2-4-8-15/h2-10,18-19H,11-13H2,1H3,(H,23,25)(H,24,26)(H,27,28)/t18-,19-/m0/s1. The summed E-state index contributed by atoms with van der Waals surface area (Å²) < 4.78 is 13.9. The summed E-state index contributed by atoms with van der Waals surface area (Å²) in [6.07, 6.45) is 0.580. The molecule has 0 radical (unpaired) electrons. The molecule has 0 bridgehead atoms. The maximum atomic E-state index is 13.9. The summed E-state index contributed by atoms with van der Waals surface area (Å²) in [4.78, 5) is 35.6. The number of hydrogen-bond donors (Lipinski definition) is 3. The van der Waals surface area contributed by atoms with E-state index in [0.717, 1.165) is 5.56 Å². The van der Waals surface area contributed by atoms with Gasteiger partial charge in [0.1, 0.15) is 17.9 Å². The highest BCUT2D eigenvalue weighted by Gasteiger charge is 2.26. The molecule has 0 fully saturated rings. The SMILES string of the molecule is CC(=O)N[C@@H](Cc1ccccc1F)C(=O)N[C@@H](CCc1ccccc1)C(=O)O. The molecule has 0 saturated carbocycles. The van der Waals surface area contributed by atoms with Crippen molar-refractivity contribution in [1.29, 1.82) is 0 Å². The molecule has 148 valence electrons. The van der Waals surface area contributed by atoms with E-state index in [1.165, 1.54) is 25.1 Å². The maximum absolute atomic E-state index is 13.9. The number of hydrogen-bond acceptors (Lipinski definition) is 3. The van der Waals surface area contributed by atoms with Crippen LogP contribution in [0.5, 0.6) is 0 Å². The molecule has 3 N–H and O–H groups in total. The van der Waals surface area contributed by atoms with Crippen molar-refractivity contribution in [3.63, 3.8) is 0 Å². The fraction of sp³-hybridized carbons (Fsp3) is 0.286. The lowest BCUT2D eigenvalue weighted by atomic mass is 10.0. The van der Waals surface area contributed by atoms with Crippen molar-refractivity contribution in [2.24, 2.45) is 0 Å². The third-order valence-electron chi connectivity index (χ3n) is 4.25. The lowest BCUT2D eigenvalue weighted by molar-refractivity contribution is -0.142. The first-order chi connectivity index (χ1) is 13.4. The van der Waals surface area contributed by atoms with E-state index in [1.807, 2.05) is 30.3 Å². The molecule has 2 rings (SSSR count). The van der Waals surface area contributed by atoms with Gasteiger partial charge in [0.15, 0.2) is 0 Å². The topological polar surface area (TPSA) is 95.5 Å². The Bertz CT molecular complexity index is 826. The lowest BCUT2D eigenvalue weighted by Crippen LogP contribution is -2.52. The van der Waals surface area contributed by atoms with Gasteiger partial charge in [-0.15, -0.1) is 0 Å². The van der Waals surface area contributed by atoms with Crippen molar-refractivity contribution < 1.29 is 23.9 Å². The van der Waals surface area contributed by atoms with Gasteiger partial charge >= 0.3 is 5.97 Å². The van der Waals surface area contributed by atoms with Crippen LogP contribution >= 0.6 is 0 Å². The summed E-state index contributed by atoms with van der Waals surface area (Å²) in [6.45, 7) is 1.24. The van der Waals surface area contributed by atoms with Crippen LogP contribution in [-0.4, -0.2) is 35.0 Å². The number of nitrogens with one attached hydrogen (secondary N) is 2. The van der Waals surface area contributed by atoms with Crippen LogP contribution in [0.2, 0.25) is 0 Å². The van der Waals surface area contributed by atoms with Crippen LogP contribution in [0.15, 0.2) is 54.6 Å². The minimum absolute atomic E-state index is 0.0802. The van der Waals surface area contributed by atoms with Gasteiger partial charge in [0, 0.05) is 13.3 Å². The van der Waals surface area contributed by atoms with Crippen LogP contribution in [0, 0.1) is 5.82 Å². The molecular weight excluding hydrogens is 363 g/mol. The summed E-state index contributed by atoms with van der Waals surface area (Å²) in [6, 6.07) is 13.0. The molecule has 7 heteroatoms. The number of halogens is 1. The largest absolute Gasteiger partial charge is 0.480 e. The van der Waals surface area contributed by atoms with Crippen molar-refractivity contribution in [3.05, 3.63) is 71.5 Å². The van der Waals surface area contributed by atoms with Crippen molar-refractivity contribution in [2.45, 2.75) is 38.3 Å². The van der Waals surface area contributed by atoms with E-state index in [-0.39, 0.29) is 18.4 Å². The van der Waals surface area contributed by atoms with E-state index < -0.39 is 35.7 Å². The monoisotopic (exact) mass is 386 g/mol. The first-order valence-electron chi connectivity index (χ1n) is 8.94.